The quantitative estimate of drug-likeness (QED) is 0.691. The van der Waals surface area contributed by atoms with Gasteiger partial charge in [0.1, 0.15) is 0 Å². The van der Waals surface area contributed by atoms with E-state index in [0.717, 1.165) is 6.42 Å². The van der Waals surface area contributed by atoms with Crippen LogP contribution in [0, 0.1) is 5.92 Å². The number of nitrogens with two attached hydrogens (primary N) is 1. The first kappa shape index (κ1) is 13.4. The molecule has 0 spiro atoms. The van der Waals surface area contributed by atoms with Crippen LogP contribution in [-0.4, -0.2) is 44.4 Å². The van der Waals surface area contributed by atoms with Crippen LogP contribution in [0.3, 0.4) is 0 Å². The molecular formula is C11H22N2O3. The highest BCUT2D eigenvalue weighted by Gasteiger charge is 2.21. The Morgan fingerprint density at radius 2 is 2.31 bits per heavy atom. The molecule has 0 aliphatic carbocycles. The molecule has 0 aromatic rings. The Balaban J connectivity index is 2.23. The van der Waals surface area contributed by atoms with Crippen LogP contribution < -0.4 is 11.1 Å². The van der Waals surface area contributed by atoms with Crippen LogP contribution in [0.15, 0.2) is 0 Å². The molecule has 3 atom stereocenters. The van der Waals surface area contributed by atoms with Gasteiger partial charge in [-0.05, 0) is 5.92 Å². The van der Waals surface area contributed by atoms with E-state index in [9.17, 15) is 4.79 Å². The van der Waals surface area contributed by atoms with Gasteiger partial charge in [-0.15, -0.1) is 0 Å². The number of carbonyl (C=O) groups is 1. The lowest BCUT2D eigenvalue weighted by Crippen LogP contribution is -2.48. The molecule has 0 aromatic carbocycles. The normalized spacial score (nSPS) is 24.8. The Labute approximate surface area is 96.7 Å². The lowest BCUT2D eigenvalue weighted by molar-refractivity contribution is -0.126. The minimum absolute atomic E-state index is 0.0400. The summed E-state index contributed by atoms with van der Waals surface area (Å²) in [4.78, 5) is 11.7. The van der Waals surface area contributed by atoms with Crippen molar-refractivity contribution in [2.24, 2.45) is 11.7 Å². The molecule has 1 unspecified atom stereocenters. The first-order valence-corrected chi connectivity index (χ1v) is 5.87. The van der Waals surface area contributed by atoms with Gasteiger partial charge in [0.2, 0.25) is 5.91 Å². The van der Waals surface area contributed by atoms with Gasteiger partial charge < -0.3 is 20.5 Å². The second kappa shape index (κ2) is 6.83. The summed E-state index contributed by atoms with van der Waals surface area (Å²) < 4.78 is 10.7. The van der Waals surface area contributed by atoms with E-state index in [1.807, 2.05) is 13.8 Å². The number of rotatable bonds is 5. The highest BCUT2D eigenvalue weighted by molar-refractivity contribution is 5.81. The molecule has 5 heteroatoms. The lowest BCUT2D eigenvalue weighted by atomic mass is 9.99. The Bertz CT molecular complexity index is 217. The summed E-state index contributed by atoms with van der Waals surface area (Å²) in [6.07, 6.45) is 0.860. The van der Waals surface area contributed by atoms with Gasteiger partial charge >= 0.3 is 0 Å². The smallest absolute Gasteiger partial charge is 0.237 e. The van der Waals surface area contributed by atoms with E-state index in [2.05, 4.69) is 5.32 Å². The SMILES string of the molecule is CC[C@H](C)[C@H](N)C(=O)NCC1COCCO1. The number of hydrogen-bond donors (Lipinski definition) is 2. The van der Waals surface area contributed by atoms with E-state index in [0.29, 0.717) is 26.4 Å². The third-order valence-corrected chi connectivity index (χ3v) is 2.95. The summed E-state index contributed by atoms with van der Waals surface area (Å²) in [5.74, 6) is 0.0899. The van der Waals surface area contributed by atoms with Crippen molar-refractivity contribution in [2.45, 2.75) is 32.4 Å². The molecule has 0 bridgehead atoms. The molecule has 5 nitrogen and oxygen atoms in total. The van der Waals surface area contributed by atoms with Crippen LogP contribution >= 0.6 is 0 Å². The molecule has 1 aliphatic heterocycles. The second-order valence-electron chi connectivity index (χ2n) is 4.22. The summed E-state index contributed by atoms with van der Waals surface area (Å²) in [7, 11) is 0. The van der Waals surface area contributed by atoms with Crippen LogP contribution in [0.2, 0.25) is 0 Å². The highest BCUT2D eigenvalue weighted by Crippen LogP contribution is 2.05. The molecule has 1 heterocycles. The van der Waals surface area contributed by atoms with Crippen molar-refractivity contribution in [3.63, 3.8) is 0 Å². The summed E-state index contributed by atoms with van der Waals surface area (Å²) in [6.45, 7) is 6.25. The maximum absolute atomic E-state index is 11.7. The Morgan fingerprint density at radius 1 is 1.56 bits per heavy atom. The first-order valence-electron chi connectivity index (χ1n) is 5.87. The van der Waals surface area contributed by atoms with Gasteiger partial charge in [0.05, 0.1) is 32.0 Å². The van der Waals surface area contributed by atoms with Gasteiger partial charge in [0.15, 0.2) is 0 Å². The number of ether oxygens (including phenoxy) is 2. The summed E-state index contributed by atoms with van der Waals surface area (Å²) in [5.41, 5.74) is 5.80. The van der Waals surface area contributed by atoms with Crippen LogP contribution in [-0.2, 0) is 14.3 Å². The van der Waals surface area contributed by atoms with Gasteiger partial charge in [-0.1, -0.05) is 20.3 Å². The molecule has 1 fully saturated rings. The zero-order valence-corrected chi connectivity index (χ0v) is 10.1. The zero-order chi connectivity index (χ0) is 12.0. The monoisotopic (exact) mass is 230 g/mol. The summed E-state index contributed by atoms with van der Waals surface area (Å²) in [5, 5.41) is 2.80. The van der Waals surface area contributed by atoms with Gasteiger partial charge in [-0.3, -0.25) is 4.79 Å². The van der Waals surface area contributed by atoms with Crippen LogP contribution in [0.1, 0.15) is 20.3 Å². The fourth-order valence-electron chi connectivity index (χ4n) is 1.50. The van der Waals surface area contributed by atoms with Crippen LogP contribution in [0.5, 0.6) is 0 Å². The van der Waals surface area contributed by atoms with Crippen LogP contribution in [0.25, 0.3) is 0 Å². The summed E-state index contributed by atoms with van der Waals surface area (Å²) in [6, 6.07) is -0.436. The van der Waals surface area contributed by atoms with E-state index in [-0.39, 0.29) is 17.9 Å². The Morgan fingerprint density at radius 3 is 2.88 bits per heavy atom. The number of hydrogen-bond acceptors (Lipinski definition) is 4. The highest BCUT2D eigenvalue weighted by atomic mass is 16.6. The van der Waals surface area contributed by atoms with E-state index >= 15 is 0 Å². The number of amides is 1. The second-order valence-corrected chi connectivity index (χ2v) is 4.22. The largest absolute Gasteiger partial charge is 0.376 e. The van der Waals surface area contributed by atoms with E-state index < -0.39 is 6.04 Å². The minimum Gasteiger partial charge on any atom is -0.376 e. The predicted molar refractivity (Wildman–Crippen MR) is 61.0 cm³/mol. The minimum atomic E-state index is -0.436. The molecular weight excluding hydrogens is 208 g/mol. The summed E-state index contributed by atoms with van der Waals surface area (Å²) >= 11 is 0. The molecule has 1 saturated heterocycles. The molecule has 0 aromatic heterocycles. The topological polar surface area (TPSA) is 73.6 Å². The Hall–Kier alpha value is -0.650. The van der Waals surface area contributed by atoms with Gasteiger partial charge in [-0.2, -0.15) is 0 Å². The molecule has 16 heavy (non-hydrogen) atoms. The molecule has 94 valence electrons. The standard InChI is InChI=1S/C11H22N2O3/c1-3-8(2)10(12)11(14)13-6-9-7-15-4-5-16-9/h8-10H,3-7,12H2,1-2H3,(H,13,14)/t8-,9?,10-/m0/s1. The van der Waals surface area contributed by atoms with E-state index in [4.69, 9.17) is 15.2 Å². The van der Waals surface area contributed by atoms with Crippen LogP contribution in [0.4, 0.5) is 0 Å². The number of carbonyl (C=O) groups excluding carboxylic acids is 1. The zero-order valence-electron chi connectivity index (χ0n) is 10.1. The predicted octanol–water partition coefficient (Wildman–Crippen LogP) is -0.109. The molecule has 0 saturated carbocycles. The van der Waals surface area contributed by atoms with Gasteiger partial charge in [0.25, 0.3) is 0 Å². The molecule has 1 aliphatic rings. The molecule has 1 rings (SSSR count). The Kier molecular flexibility index (Phi) is 5.73. The fourth-order valence-corrected chi connectivity index (χ4v) is 1.50. The lowest BCUT2D eigenvalue weighted by Gasteiger charge is -2.24. The van der Waals surface area contributed by atoms with Gasteiger partial charge in [-0.25, -0.2) is 0 Å². The third-order valence-electron chi connectivity index (χ3n) is 2.95. The van der Waals surface area contributed by atoms with Crippen molar-refractivity contribution in [3.05, 3.63) is 0 Å². The van der Waals surface area contributed by atoms with E-state index in [1.54, 1.807) is 0 Å². The average Bonchev–Trinajstić information content (AvgIpc) is 2.35. The molecule has 1 amide bonds. The van der Waals surface area contributed by atoms with Crippen molar-refractivity contribution in [2.75, 3.05) is 26.4 Å². The van der Waals surface area contributed by atoms with Crippen molar-refractivity contribution in [3.8, 4) is 0 Å². The van der Waals surface area contributed by atoms with Gasteiger partial charge in [0, 0.05) is 6.54 Å². The molecule has 0 radical (unpaired) electrons. The van der Waals surface area contributed by atoms with Crippen molar-refractivity contribution in [1.29, 1.82) is 0 Å². The first-order chi connectivity index (χ1) is 7.65. The maximum atomic E-state index is 11.7. The van der Waals surface area contributed by atoms with E-state index in [1.165, 1.54) is 0 Å². The maximum Gasteiger partial charge on any atom is 0.237 e. The van der Waals surface area contributed by atoms with Crippen molar-refractivity contribution >= 4 is 5.91 Å². The third kappa shape index (κ3) is 4.08. The van der Waals surface area contributed by atoms with Crippen molar-refractivity contribution < 1.29 is 14.3 Å². The molecule has 3 N–H and O–H groups in total. The average molecular weight is 230 g/mol. The van der Waals surface area contributed by atoms with Crippen molar-refractivity contribution in [1.82, 2.24) is 5.32 Å². The fraction of sp³-hybridized carbons (Fsp3) is 0.909. The number of nitrogens with one attached hydrogen (secondary N) is 1.